The predicted octanol–water partition coefficient (Wildman–Crippen LogP) is 5.02. The summed E-state index contributed by atoms with van der Waals surface area (Å²) >= 11 is 0. The molecule has 222 valence electrons. The third kappa shape index (κ3) is 7.27. The first-order valence-electron chi connectivity index (χ1n) is 13.3. The topological polar surface area (TPSA) is 137 Å². The maximum atomic E-state index is 13.2. The van der Waals surface area contributed by atoms with E-state index in [1.54, 1.807) is 20.8 Å². The monoisotopic (exact) mass is 594 g/mol. The first-order chi connectivity index (χ1) is 19.8. The highest BCUT2D eigenvalue weighted by molar-refractivity contribution is 7.89. The zero-order valence-corrected chi connectivity index (χ0v) is 25.0. The number of amides is 2. The second-order valence-corrected chi connectivity index (χ2v) is 12.7. The van der Waals surface area contributed by atoms with Crippen LogP contribution < -0.4 is 14.8 Å². The number of carbonyl (C=O) groups is 3. The molecular formula is C31H34N2O8S. The highest BCUT2D eigenvalue weighted by atomic mass is 32.2. The van der Waals surface area contributed by atoms with Crippen LogP contribution in [0.5, 0.6) is 5.75 Å². The number of hydrogen-bond acceptors (Lipinski definition) is 8. The van der Waals surface area contributed by atoms with Gasteiger partial charge in [0.25, 0.3) is 5.91 Å². The molecule has 1 aliphatic rings. The molecule has 0 heterocycles. The third-order valence-electron chi connectivity index (χ3n) is 6.56. The van der Waals surface area contributed by atoms with Crippen LogP contribution in [0.3, 0.4) is 0 Å². The van der Waals surface area contributed by atoms with Crippen molar-refractivity contribution >= 4 is 33.7 Å². The summed E-state index contributed by atoms with van der Waals surface area (Å²) in [6, 6.07) is 18.8. The maximum Gasteiger partial charge on any atom is 0.411 e. The summed E-state index contributed by atoms with van der Waals surface area (Å²) in [5.74, 6) is -1.65. The number of fused-ring (bicyclic) bond motifs is 3. The van der Waals surface area contributed by atoms with Gasteiger partial charge in [-0.05, 0) is 61.1 Å². The third-order valence-corrected chi connectivity index (χ3v) is 7.12. The minimum absolute atomic E-state index is 0.0192. The van der Waals surface area contributed by atoms with Crippen molar-refractivity contribution in [3.05, 3.63) is 82.9 Å². The molecule has 0 spiro atoms. The van der Waals surface area contributed by atoms with Gasteiger partial charge in [-0.15, -0.1) is 0 Å². The van der Waals surface area contributed by atoms with E-state index in [9.17, 15) is 22.8 Å². The van der Waals surface area contributed by atoms with E-state index < -0.39 is 33.6 Å². The van der Waals surface area contributed by atoms with Gasteiger partial charge in [-0.2, -0.15) is 0 Å². The van der Waals surface area contributed by atoms with Gasteiger partial charge in [-0.3, -0.25) is 14.9 Å². The predicted molar refractivity (Wildman–Crippen MR) is 158 cm³/mol. The van der Waals surface area contributed by atoms with Crippen LogP contribution in [-0.2, 0) is 30.7 Å². The number of aryl methyl sites for hydroxylation is 1. The Morgan fingerprint density at radius 2 is 1.50 bits per heavy atom. The Morgan fingerprint density at radius 1 is 0.905 bits per heavy atom. The minimum atomic E-state index is -3.88. The minimum Gasteiger partial charge on any atom is -0.494 e. The molecule has 0 atom stereocenters. The summed E-state index contributed by atoms with van der Waals surface area (Å²) in [6.07, 6.45) is 0.157. The number of benzene rings is 3. The summed E-state index contributed by atoms with van der Waals surface area (Å²) < 4.78 is 41.9. The van der Waals surface area contributed by atoms with Gasteiger partial charge < -0.3 is 14.2 Å². The average molecular weight is 595 g/mol. The van der Waals surface area contributed by atoms with Crippen molar-refractivity contribution in [1.29, 1.82) is 0 Å². The molecule has 0 saturated heterocycles. The smallest absolute Gasteiger partial charge is 0.411 e. The number of carbonyl (C=O) groups excluding carboxylic acids is 3. The van der Waals surface area contributed by atoms with Crippen LogP contribution >= 0.6 is 0 Å². The molecule has 0 aromatic heterocycles. The Labute approximate surface area is 245 Å². The molecule has 0 aliphatic heterocycles. The Balaban J connectivity index is 1.59. The van der Waals surface area contributed by atoms with E-state index in [2.05, 4.69) is 5.32 Å². The van der Waals surface area contributed by atoms with Crippen LogP contribution in [0.15, 0.2) is 60.7 Å². The molecule has 0 saturated carbocycles. The molecule has 2 amide bonds. The average Bonchev–Trinajstić information content (AvgIpc) is 3.22. The lowest BCUT2D eigenvalue weighted by atomic mass is 9.98. The second kappa shape index (κ2) is 12.2. The number of nitrogens with one attached hydrogen (secondary N) is 2. The molecule has 0 radical (unpaired) electrons. The van der Waals surface area contributed by atoms with Crippen molar-refractivity contribution in [2.45, 2.75) is 45.1 Å². The Hall–Kier alpha value is -4.38. The molecule has 11 heteroatoms. The summed E-state index contributed by atoms with van der Waals surface area (Å²) in [7, 11) is -2.59. The van der Waals surface area contributed by atoms with Gasteiger partial charge in [0.15, 0.2) is 5.75 Å². The second-order valence-electron chi connectivity index (χ2n) is 10.9. The van der Waals surface area contributed by atoms with Crippen molar-refractivity contribution in [2.24, 2.45) is 0 Å². The molecule has 1 aliphatic carbocycles. The van der Waals surface area contributed by atoms with E-state index in [0.29, 0.717) is 5.56 Å². The van der Waals surface area contributed by atoms with Crippen LogP contribution in [0.1, 0.15) is 60.2 Å². The lowest BCUT2D eigenvalue weighted by Crippen LogP contribution is -2.30. The number of anilines is 1. The normalized spacial score (nSPS) is 12.6. The molecule has 2 N–H and O–H groups in total. The van der Waals surface area contributed by atoms with Gasteiger partial charge in [0.1, 0.15) is 12.2 Å². The van der Waals surface area contributed by atoms with Crippen molar-refractivity contribution in [2.75, 3.05) is 25.3 Å². The molecule has 0 fully saturated rings. The maximum absolute atomic E-state index is 13.2. The fourth-order valence-corrected chi connectivity index (χ4v) is 5.40. The molecule has 42 heavy (non-hydrogen) atoms. The van der Waals surface area contributed by atoms with Crippen molar-refractivity contribution < 1.29 is 37.0 Å². The molecule has 10 nitrogen and oxygen atoms in total. The van der Waals surface area contributed by atoms with Crippen LogP contribution in [0.4, 0.5) is 10.5 Å². The number of rotatable bonds is 9. The van der Waals surface area contributed by atoms with E-state index in [0.717, 1.165) is 28.5 Å². The molecule has 3 aromatic rings. The number of ether oxygens (including phenoxy) is 3. The fourth-order valence-electron chi connectivity index (χ4n) is 4.95. The van der Waals surface area contributed by atoms with E-state index in [1.807, 2.05) is 53.3 Å². The van der Waals surface area contributed by atoms with Gasteiger partial charge in [-0.25, -0.2) is 17.9 Å². The Kier molecular flexibility index (Phi) is 8.91. The molecular weight excluding hydrogens is 560 g/mol. The van der Waals surface area contributed by atoms with E-state index in [1.165, 1.54) is 19.2 Å². The Morgan fingerprint density at radius 3 is 2.05 bits per heavy atom. The van der Waals surface area contributed by atoms with Crippen LogP contribution in [0.2, 0.25) is 0 Å². The van der Waals surface area contributed by atoms with Gasteiger partial charge in [0, 0.05) is 12.3 Å². The lowest BCUT2D eigenvalue weighted by Gasteiger charge is -2.21. The summed E-state index contributed by atoms with van der Waals surface area (Å²) in [5.41, 5.74) is 3.99. The highest BCUT2D eigenvalue weighted by Gasteiger charge is 2.30. The van der Waals surface area contributed by atoms with Crippen LogP contribution in [-0.4, -0.2) is 52.0 Å². The zero-order valence-electron chi connectivity index (χ0n) is 24.1. The van der Waals surface area contributed by atoms with E-state index in [4.69, 9.17) is 14.2 Å². The van der Waals surface area contributed by atoms with Crippen molar-refractivity contribution in [3.8, 4) is 16.9 Å². The molecule has 3 aromatic carbocycles. The summed E-state index contributed by atoms with van der Waals surface area (Å²) in [4.78, 5) is 38.3. The van der Waals surface area contributed by atoms with E-state index >= 15 is 0 Å². The van der Waals surface area contributed by atoms with Crippen LogP contribution in [0, 0.1) is 0 Å². The summed E-state index contributed by atoms with van der Waals surface area (Å²) in [6.45, 7) is 5.32. The first-order valence-corrected chi connectivity index (χ1v) is 15.2. The number of sulfonamides is 1. The molecule has 4 rings (SSSR count). The molecule has 0 bridgehead atoms. The van der Waals surface area contributed by atoms with Crippen LogP contribution in [0.25, 0.3) is 11.1 Å². The van der Waals surface area contributed by atoms with Gasteiger partial charge in [0.2, 0.25) is 10.0 Å². The quantitative estimate of drug-likeness (QED) is 0.330. The van der Waals surface area contributed by atoms with Gasteiger partial charge in [0.05, 0.1) is 24.6 Å². The molecule has 0 unspecified atom stereocenters. The zero-order chi connectivity index (χ0) is 30.7. The number of hydrogen-bond donors (Lipinski definition) is 2. The van der Waals surface area contributed by atoms with E-state index in [-0.39, 0.29) is 42.4 Å². The fraction of sp³-hybridized carbons (Fsp3) is 0.323. The number of methoxy groups -OCH3 is 1. The number of esters is 1. The largest absolute Gasteiger partial charge is 0.494 e. The standard InChI is InChI=1S/C31H34N2O8S/c1-31(2,3)41-26(34)17-15-19-14-16-24(29(35)33-42(5,37)38)28(39-4)27(19)32-30(36)40-18-25-22-12-8-6-10-20(22)21-11-7-9-13-23(21)25/h6-14,16,25H,15,17-18H2,1-5H3,(H,32,36)(H,33,35). The Bertz CT molecular complexity index is 1580. The SMILES string of the molecule is COc1c(C(=O)NS(C)(=O)=O)ccc(CCC(=O)OC(C)(C)C)c1NC(=O)OCC1c2ccccc2-c2ccccc21. The lowest BCUT2D eigenvalue weighted by molar-refractivity contribution is -0.154. The first kappa shape index (κ1) is 30.6. The van der Waals surface area contributed by atoms with Gasteiger partial charge in [-0.1, -0.05) is 54.6 Å². The van der Waals surface area contributed by atoms with Gasteiger partial charge >= 0.3 is 12.1 Å². The highest BCUT2D eigenvalue weighted by Crippen LogP contribution is 2.44. The van der Waals surface area contributed by atoms with Crippen molar-refractivity contribution in [3.63, 3.8) is 0 Å². The summed E-state index contributed by atoms with van der Waals surface area (Å²) in [5, 5.41) is 2.66. The van der Waals surface area contributed by atoms with Crippen molar-refractivity contribution in [1.82, 2.24) is 4.72 Å².